The summed E-state index contributed by atoms with van der Waals surface area (Å²) >= 11 is 0. The number of hydrogen-bond donors (Lipinski definition) is 2. The Balaban J connectivity index is 1.44. The average Bonchev–Trinajstić information content (AvgIpc) is 3.15. The largest absolute Gasteiger partial charge is 0.436 e. The number of nitrogens with zero attached hydrogens (tertiary/aromatic N) is 2. The van der Waals surface area contributed by atoms with Crippen LogP contribution in [0.1, 0.15) is 85.5 Å². The molecule has 188 valence electrons. The first-order chi connectivity index (χ1) is 15.7. The first kappa shape index (κ1) is 25.0. The van der Waals surface area contributed by atoms with Crippen LogP contribution in [-0.4, -0.2) is 54.6 Å². The standard InChI is InChI=1S/C27H47N3O3/c1-6-30(16-15-28-5)25(32)33-29-18(2)22-9-10-23-21-8-7-19-17-20(31)11-13-26(19,3)24(21)12-14-27(22,23)4/h19-24,28,31H,6-17H2,1-5H3/b29-18+/t19-,20-,21-,22+,23-,24-,26-,27+/m0/s1. The van der Waals surface area contributed by atoms with Crippen LogP contribution in [0.2, 0.25) is 0 Å². The number of likely N-dealkylation sites (N-methyl/N-ethyl adjacent to an activating group) is 2. The van der Waals surface area contributed by atoms with Crippen molar-refractivity contribution in [3.05, 3.63) is 0 Å². The van der Waals surface area contributed by atoms with Crippen LogP contribution < -0.4 is 5.32 Å². The highest BCUT2D eigenvalue weighted by atomic mass is 16.7. The minimum absolute atomic E-state index is 0.0761. The highest BCUT2D eigenvalue weighted by Gasteiger charge is 2.60. The summed E-state index contributed by atoms with van der Waals surface area (Å²) in [7, 11) is 1.89. The van der Waals surface area contributed by atoms with Crippen molar-refractivity contribution >= 4 is 11.8 Å². The minimum Gasteiger partial charge on any atom is -0.393 e. The van der Waals surface area contributed by atoms with Crippen LogP contribution in [0.3, 0.4) is 0 Å². The molecule has 1 amide bonds. The van der Waals surface area contributed by atoms with Crippen molar-refractivity contribution in [2.24, 2.45) is 45.6 Å². The predicted molar refractivity (Wildman–Crippen MR) is 132 cm³/mol. The van der Waals surface area contributed by atoms with Gasteiger partial charge >= 0.3 is 6.09 Å². The van der Waals surface area contributed by atoms with Crippen molar-refractivity contribution in [1.29, 1.82) is 0 Å². The summed E-state index contributed by atoms with van der Waals surface area (Å²) in [4.78, 5) is 19.6. The molecule has 0 unspecified atom stereocenters. The molecule has 4 fully saturated rings. The Morgan fingerprint density at radius 3 is 2.55 bits per heavy atom. The molecule has 6 nitrogen and oxygen atoms in total. The monoisotopic (exact) mass is 461 g/mol. The third-order valence-corrected chi connectivity index (χ3v) is 10.7. The van der Waals surface area contributed by atoms with Gasteiger partial charge in [-0.1, -0.05) is 19.0 Å². The molecule has 4 aliphatic rings. The van der Waals surface area contributed by atoms with Crippen LogP contribution in [0.4, 0.5) is 4.79 Å². The third-order valence-electron chi connectivity index (χ3n) is 10.7. The van der Waals surface area contributed by atoms with E-state index in [9.17, 15) is 9.90 Å². The fourth-order valence-electron chi connectivity index (χ4n) is 8.78. The van der Waals surface area contributed by atoms with Gasteiger partial charge in [0.05, 0.1) is 11.8 Å². The Morgan fingerprint density at radius 2 is 1.82 bits per heavy atom. The van der Waals surface area contributed by atoms with Crippen molar-refractivity contribution in [3.63, 3.8) is 0 Å². The molecule has 0 aromatic heterocycles. The molecule has 0 spiro atoms. The van der Waals surface area contributed by atoms with E-state index in [1.165, 1.54) is 38.5 Å². The van der Waals surface area contributed by atoms with E-state index in [2.05, 4.69) is 31.2 Å². The molecule has 0 saturated heterocycles. The van der Waals surface area contributed by atoms with Crippen molar-refractivity contribution in [2.45, 2.75) is 91.6 Å². The number of nitrogens with one attached hydrogen (secondary N) is 1. The summed E-state index contributed by atoms with van der Waals surface area (Å²) in [5.41, 5.74) is 1.67. The Hall–Kier alpha value is -1.14. The van der Waals surface area contributed by atoms with Gasteiger partial charge in [-0.3, -0.25) is 4.84 Å². The normalized spacial score (nSPS) is 42.8. The number of carbonyl (C=O) groups excluding carboxylic acids is 1. The lowest BCUT2D eigenvalue weighted by atomic mass is 9.44. The fourth-order valence-corrected chi connectivity index (χ4v) is 8.78. The van der Waals surface area contributed by atoms with Gasteiger partial charge in [-0.15, -0.1) is 0 Å². The number of aliphatic hydroxyl groups excluding tert-OH is 1. The van der Waals surface area contributed by atoms with E-state index in [4.69, 9.17) is 4.84 Å². The zero-order valence-corrected chi connectivity index (χ0v) is 21.6. The minimum atomic E-state index is -0.346. The number of oxime groups is 1. The van der Waals surface area contributed by atoms with E-state index in [1.807, 2.05) is 14.0 Å². The molecular weight excluding hydrogens is 414 g/mol. The number of fused-ring (bicyclic) bond motifs is 5. The molecule has 4 rings (SSSR count). The Kier molecular flexibility index (Phi) is 7.45. The number of aliphatic hydroxyl groups is 1. The Bertz CT molecular complexity index is 742. The molecule has 6 heteroatoms. The second kappa shape index (κ2) is 9.85. The Morgan fingerprint density at radius 1 is 1.09 bits per heavy atom. The van der Waals surface area contributed by atoms with Gasteiger partial charge in [-0.05, 0) is 113 Å². The first-order valence-corrected chi connectivity index (χ1v) is 13.6. The van der Waals surface area contributed by atoms with Gasteiger partial charge in [-0.25, -0.2) is 4.79 Å². The van der Waals surface area contributed by atoms with E-state index < -0.39 is 0 Å². The highest BCUT2D eigenvalue weighted by molar-refractivity contribution is 5.85. The van der Waals surface area contributed by atoms with Crippen molar-refractivity contribution in [2.75, 3.05) is 26.7 Å². The van der Waals surface area contributed by atoms with Gasteiger partial charge in [0.25, 0.3) is 0 Å². The van der Waals surface area contributed by atoms with Gasteiger partial charge < -0.3 is 15.3 Å². The molecule has 0 aliphatic heterocycles. The van der Waals surface area contributed by atoms with Gasteiger partial charge in [0.1, 0.15) is 0 Å². The van der Waals surface area contributed by atoms with Crippen LogP contribution in [0, 0.1) is 40.4 Å². The van der Waals surface area contributed by atoms with E-state index in [0.717, 1.165) is 49.3 Å². The smallest absolute Gasteiger partial charge is 0.393 e. The van der Waals surface area contributed by atoms with Crippen LogP contribution in [0.25, 0.3) is 0 Å². The fraction of sp³-hybridized carbons (Fsp3) is 0.926. The lowest BCUT2D eigenvalue weighted by molar-refractivity contribution is -0.123. The van der Waals surface area contributed by atoms with Crippen LogP contribution in [0.15, 0.2) is 5.16 Å². The zero-order valence-electron chi connectivity index (χ0n) is 21.6. The van der Waals surface area contributed by atoms with Gasteiger partial charge in [0.2, 0.25) is 0 Å². The van der Waals surface area contributed by atoms with E-state index in [-0.39, 0.29) is 17.6 Å². The number of hydrogen-bond acceptors (Lipinski definition) is 5. The maximum Gasteiger partial charge on any atom is 0.436 e. The lowest BCUT2D eigenvalue weighted by Crippen LogP contribution is -2.54. The second-order valence-electron chi connectivity index (χ2n) is 12.0. The first-order valence-electron chi connectivity index (χ1n) is 13.6. The van der Waals surface area contributed by atoms with Crippen LogP contribution >= 0.6 is 0 Å². The second-order valence-corrected chi connectivity index (χ2v) is 12.0. The average molecular weight is 462 g/mol. The highest BCUT2D eigenvalue weighted by Crippen LogP contribution is 2.67. The summed E-state index contributed by atoms with van der Waals surface area (Å²) in [5.74, 6) is 3.46. The molecule has 0 heterocycles. The molecule has 2 N–H and O–H groups in total. The zero-order chi connectivity index (χ0) is 23.8. The van der Waals surface area contributed by atoms with E-state index in [0.29, 0.717) is 30.3 Å². The van der Waals surface area contributed by atoms with Gasteiger partial charge in [0.15, 0.2) is 0 Å². The summed E-state index contributed by atoms with van der Waals surface area (Å²) in [6.45, 7) is 11.1. The molecule has 0 bridgehead atoms. The van der Waals surface area contributed by atoms with Crippen molar-refractivity contribution in [3.8, 4) is 0 Å². The number of rotatable bonds is 6. The SMILES string of the molecule is CCN(CCNC)C(=O)O/N=C(\C)[C@H]1CC[C@H]2[C@@H]3CC[C@H]4C[C@@H](O)CC[C@]4(C)[C@H]3CC[C@]12C. The molecule has 4 aliphatic carbocycles. The lowest BCUT2D eigenvalue weighted by Gasteiger charge is -2.61. The summed E-state index contributed by atoms with van der Waals surface area (Å²) in [5, 5.41) is 17.7. The molecule has 0 aromatic rings. The molecule has 4 saturated carbocycles. The molecular formula is C27H47N3O3. The Labute approximate surface area is 200 Å². The maximum atomic E-state index is 12.5. The molecule has 0 aromatic carbocycles. The van der Waals surface area contributed by atoms with Crippen LogP contribution in [0.5, 0.6) is 0 Å². The maximum absolute atomic E-state index is 12.5. The quantitative estimate of drug-likeness (QED) is 0.329. The summed E-state index contributed by atoms with van der Waals surface area (Å²) in [6, 6.07) is 0. The van der Waals surface area contributed by atoms with Crippen molar-refractivity contribution < 1.29 is 14.7 Å². The van der Waals surface area contributed by atoms with E-state index >= 15 is 0 Å². The molecule has 33 heavy (non-hydrogen) atoms. The van der Waals surface area contributed by atoms with Crippen LogP contribution in [-0.2, 0) is 4.84 Å². The number of carbonyl (C=O) groups is 1. The van der Waals surface area contributed by atoms with Gasteiger partial charge in [-0.2, -0.15) is 0 Å². The predicted octanol–water partition coefficient (Wildman–Crippen LogP) is 5.06. The summed E-state index contributed by atoms with van der Waals surface area (Å²) < 4.78 is 0. The van der Waals surface area contributed by atoms with E-state index in [1.54, 1.807) is 4.90 Å². The third kappa shape index (κ3) is 4.47. The topological polar surface area (TPSA) is 74.2 Å². The number of amides is 1. The van der Waals surface area contributed by atoms with Gasteiger partial charge in [0, 0.05) is 25.6 Å². The summed E-state index contributed by atoms with van der Waals surface area (Å²) in [6.07, 6.45) is 10.4. The molecule has 0 radical (unpaired) electrons. The van der Waals surface area contributed by atoms with Crippen molar-refractivity contribution in [1.82, 2.24) is 10.2 Å². The molecule has 8 atom stereocenters.